The predicted octanol–water partition coefficient (Wildman–Crippen LogP) is 11.6. The van der Waals surface area contributed by atoms with Gasteiger partial charge in [-0.1, -0.05) is 48.5 Å². The molecule has 832 valence electrons. The van der Waals surface area contributed by atoms with E-state index in [-0.39, 0.29) is 199 Å². The number of hydrogen-bond donors (Lipinski definition) is 0. The fraction of sp³-hybridized carbons (Fsp3) is 0.835. The third-order valence-corrected chi connectivity index (χ3v) is 36.0. The number of rotatable bonds is 29. The van der Waals surface area contributed by atoms with E-state index in [9.17, 15) is 86.3 Å². The van der Waals surface area contributed by atoms with E-state index >= 15 is 0 Å². The van der Waals surface area contributed by atoms with Gasteiger partial charge in [0.2, 0.25) is 6.10 Å². The van der Waals surface area contributed by atoms with Crippen molar-refractivity contribution in [2.24, 2.45) is 156 Å². The summed E-state index contributed by atoms with van der Waals surface area (Å²) in [6, 6.07) is 0. The second kappa shape index (κ2) is 49.0. The zero-order chi connectivity index (χ0) is 109. The van der Waals surface area contributed by atoms with Crippen molar-refractivity contribution in [1.82, 2.24) is 0 Å². The smallest absolute Gasteiger partial charge is 0.347 e. The number of methoxy groups -OCH3 is 4. The van der Waals surface area contributed by atoms with Gasteiger partial charge in [0.1, 0.15) is 30.5 Å². The summed E-state index contributed by atoms with van der Waals surface area (Å²) in [5, 5.41) is 0. The summed E-state index contributed by atoms with van der Waals surface area (Å²) in [6.07, 6.45) is 13.0. The normalized spacial score (nSPS) is 34.0. The average molecular weight is 2100 g/mol. The van der Waals surface area contributed by atoms with E-state index in [1.807, 2.05) is 90.0 Å². The van der Waals surface area contributed by atoms with E-state index < -0.39 is 118 Å². The molecule has 12 bridgehead atoms. The number of esters is 18. The first-order valence-electron chi connectivity index (χ1n) is 53.3. The third kappa shape index (κ3) is 26.1. The van der Waals surface area contributed by atoms with E-state index in [0.717, 1.165) is 63.6 Å². The maximum absolute atomic E-state index is 12.4. The topological polar surface area (TPSA) is 501 Å². The molecule has 39 nitrogen and oxygen atoms in total. The van der Waals surface area contributed by atoms with E-state index in [2.05, 4.69) is 14.2 Å². The summed E-state index contributed by atoms with van der Waals surface area (Å²) in [6.45, 7) is 39.7. The molecular formula is C109H162O39. The van der Waals surface area contributed by atoms with Gasteiger partial charge >= 0.3 is 107 Å². The van der Waals surface area contributed by atoms with Crippen molar-refractivity contribution in [1.29, 1.82) is 0 Å². The molecule has 0 spiro atoms. The average Bonchev–Trinajstić information content (AvgIpc) is 1.57. The largest absolute Gasteiger partial charge is 0.469 e. The first kappa shape index (κ1) is 119. The molecular weight excluding hydrogens is 1930 g/mol. The van der Waals surface area contributed by atoms with Gasteiger partial charge in [0.25, 0.3) is 0 Å². The number of cyclic esters (lactones) is 5. The second-order valence-corrected chi connectivity index (χ2v) is 47.4. The van der Waals surface area contributed by atoms with E-state index in [4.69, 9.17) is 85.3 Å². The van der Waals surface area contributed by atoms with Crippen LogP contribution in [0.1, 0.15) is 267 Å². The molecule has 0 radical (unpaired) electrons. The maximum atomic E-state index is 12.4. The van der Waals surface area contributed by atoms with Gasteiger partial charge in [0.15, 0.2) is 38.6 Å². The van der Waals surface area contributed by atoms with Gasteiger partial charge < -0.3 is 99.5 Å². The Balaban J connectivity index is 0.000000161. The highest BCUT2D eigenvalue weighted by Crippen LogP contribution is 2.61. The van der Waals surface area contributed by atoms with Gasteiger partial charge in [-0.2, -0.15) is 0 Å². The Morgan fingerprint density at radius 3 is 1.00 bits per heavy atom. The summed E-state index contributed by atoms with van der Waals surface area (Å²) >= 11 is 0. The van der Waals surface area contributed by atoms with Crippen LogP contribution >= 0.6 is 0 Å². The Morgan fingerprint density at radius 1 is 0.270 bits per heavy atom. The summed E-state index contributed by atoms with van der Waals surface area (Å²) in [7, 11) is 5.86. The SMILES string of the molecule is CCC(C)(C)C(=O)OC.CCC(C)(C)C(=O)OC1C2CC(C1OC)C1C(=O)OCC21.CCC(C)(C)C(=O)OC1C2CC3C(=O)OC1C3O2.CCC(C)(C)C(=O)OCC(=O)OC.CCC(C)(C)C(=O)OCC(=O)OC1C2CC(C1OC)C1C(=O)OCC21.CCC(C)(C)C(=O)OCC(=O)OC1C2CC3C(=O)OC1C3C2.CCC(C)(C)C(=O)OCC(=O)OC1CCOC1=O.O=C1OCC2C3CCC(C3)C12.O=C1OCC2C3CCC(C3)C12. The fourth-order valence-electron chi connectivity index (χ4n) is 23.8. The molecule has 31 unspecified atom stereocenters. The minimum atomic E-state index is -0.865. The Labute approximate surface area is 867 Å². The van der Waals surface area contributed by atoms with E-state index in [0.29, 0.717) is 93.7 Å². The van der Waals surface area contributed by atoms with Gasteiger partial charge in [-0.05, 0) is 236 Å². The van der Waals surface area contributed by atoms with Crippen LogP contribution in [0.2, 0.25) is 0 Å². The first-order valence-corrected chi connectivity index (χ1v) is 53.3. The van der Waals surface area contributed by atoms with Crippen LogP contribution in [0.3, 0.4) is 0 Å². The Morgan fingerprint density at radius 2 is 0.622 bits per heavy atom. The van der Waals surface area contributed by atoms with Gasteiger partial charge in [-0.3, -0.25) is 62.3 Å². The Bertz CT molecular complexity index is 4760. The summed E-state index contributed by atoms with van der Waals surface area (Å²) in [5.74, 6) is -0.0450. The van der Waals surface area contributed by atoms with Crippen molar-refractivity contribution in [2.45, 2.75) is 335 Å². The van der Waals surface area contributed by atoms with Gasteiger partial charge in [0.05, 0.1) is 139 Å². The standard InChI is InChI=1S/C18H26O7.C16H22O6.C16H24O5.C13H18O5.C12H18O6.C9H16O4.2C9H12O2.C7H14O2/c1-5-18(2,3)17(21)24-8-12(19)25-15-9-6-10(14(15)22-4)13-11(9)7-23-16(13)20;1-4-16(2,3)15(19)20-7-11(17)21-12-8-5-9-10(6-8)14(18)22-13(9)12;1-5-16(2,3)15(18)21-13-8-6-9(12(13)19-4)11-10(8)7-20-14(11)17;1-4-13(2,3)12(15)18-9-7-5-6-8(16-7)10(9)17-11(6)14;1-4-12(2,3)11(15)17-7-9(13)18-8-5-6-16-10(8)14;1-5-9(2,3)8(11)13-6-7(10)12-4;2*10-9-8-6-2-1-5(3-6)7(8)4-11-9;1-5-7(2,3)6(8)9-4/h9-11,13-15H,5-8H2,1-4H3;8-10,12-13H,4-7H2,1-3H3;8-13H,5-7H2,1-4H3;6-10H,4-5H2,1-3H3;8H,4-7H2,1-3H3;5-6H2,1-4H3;2*5-8H,1-4H2;5H2,1-4H3. The van der Waals surface area contributed by atoms with Gasteiger partial charge in [-0.15, -0.1) is 0 Å². The highest BCUT2D eigenvalue weighted by molar-refractivity contribution is 5.86. The molecule has 0 amide bonds. The molecule has 10 aliphatic carbocycles. The number of fused-ring (bicyclic) bond motifs is 22. The molecule has 0 aromatic carbocycles. The zero-order valence-electron chi connectivity index (χ0n) is 91.1. The van der Waals surface area contributed by atoms with Crippen LogP contribution in [-0.4, -0.2) is 262 Å². The summed E-state index contributed by atoms with van der Waals surface area (Å²) in [4.78, 5) is 208. The minimum absolute atomic E-state index is 0.00636. The molecule has 9 heterocycles. The van der Waals surface area contributed by atoms with Crippen LogP contribution in [0, 0.1) is 156 Å². The second-order valence-electron chi connectivity index (χ2n) is 47.4. The maximum Gasteiger partial charge on any atom is 0.347 e. The number of carbonyl (C=O) groups is 18. The first-order chi connectivity index (χ1) is 69.5. The molecule has 0 aromatic rings. The van der Waals surface area contributed by atoms with E-state index in [1.54, 1.807) is 69.6 Å². The Hall–Kier alpha value is -9.66. The lowest BCUT2D eigenvalue weighted by Crippen LogP contribution is -2.47. The molecule has 9 aliphatic heterocycles. The zero-order valence-corrected chi connectivity index (χ0v) is 91.1. The number of ether oxygens (including phenoxy) is 21. The predicted molar refractivity (Wildman–Crippen MR) is 516 cm³/mol. The van der Waals surface area contributed by atoms with Gasteiger partial charge in [-0.25, -0.2) is 24.0 Å². The van der Waals surface area contributed by atoms with Crippen molar-refractivity contribution < 1.29 is 186 Å². The lowest BCUT2D eigenvalue weighted by molar-refractivity contribution is -0.176. The molecule has 148 heavy (non-hydrogen) atoms. The molecule has 31 atom stereocenters. The van der Waals surface area contributed by atoms with Crippen molar-refractivity contribution >= 4 is 107 Å². The molecule has 10 saturated carbocycles. The third-order valence-electron chi connectivity index (χ3n) is 36.0. The van der Waals surface area contributed by atoms with Crippen LogP contribution in [-0.2, 0) is 186 Å². The summed E-state index contributed by atoms with van der Waals surface area (Å²) < 4.78 is 108. The van der Waals surface area contributed by atoms with Crippen molar-refractivity contribution in [3.63, 3.8) is 0 Å². The molecule has 9 saturated heterocycles. The highest BCUT2D eigenvalue weighted by atomic mass is 16.7. The number of carbonyl (C=O) groups excluding carboxylic acids is 18. The van der Waals surface area contributed by atoms with Crippen LogP contribution in [0.4, 0.5) is 0 Å². The van der Waals surface area contributed by atoms with E-state index in [1.165, 1.54) is 52.7 Å². The fourth-order valence-corrected chi connectivity index (χ4v) is 23.8. The van der Waals surface area contributed by atoms with Crippen molar-refractivity contribution in [2.75, 3.05) is 87.9 Å². The lowest BCUT2D eigenvalue weighted by Gasteiger charge is -2.36. The Kier molecular flexibility index (Phi) is 39.2. The molecule has 0 N–H and O–H groups in total. The van der Waals surface area contributed by atoms with Gasteiger partial charge in [0, 0.05) is 79.8 Å². The van der Waals surface area contributed by atoms with Crippen molar-refractivity contribution in [3.8, 4) is 0 Å². The van der Waals surface area contributed by atoms with Crippen LogP contribution < -0.4 is 0 Å². The minimum Gasteiger partial charge on any atom is -0.469 e. The lowest BCUT2D eigenvalue weighted by atomic mass is 9.78. The van der Waals surface area contributed by atoms with Crippen LogP contribution in [0.15, 0.2) is 0 Å². The molecule has 19 fully saturated rings. The highest BCUT2D eigenvalue weighted by Gasteiger charge is 2.70. The quantitative estimate of drug-likeness (QED) is 0.0496. The summed E-state index contributed by atoms with van der Waals surface area (Å²) in [5.41, 5.74) is -3.71. The molecule has 19 aliphatic rings. The van der Waals surface area contributed by atoms with Crippen molar-refractivity contribution in [3.05, 3.63) is 0 Å². The monoisotopic (exact) mass is 2100 g/mol. The number of hydrogen-bond acceptors (Lipinski definition) is 39. The molecule has 0 aromatic heterocycles. The molecule has 19 rings (SSSR count). The molecule has 39 heteroatoms. The van der Waals surface area contributed by atoms with Crippen LogP contribution in [0.25, 0.3) is 0 Å². The van der Waals surface area contributed by atoms with Crippen LogP contribution in [0.5, 0.6) is 0 Å².